The van der Waals surface area contributed by atoms with Gasteiger partial charge in [-0.1, -0.05) is 0 Å². The molecule has 40 nitrogen and oxygen atoms in total. The van der Waals surface area contributed by atoms with Crippen molar-refractivity contribution in [1.29, 1.82) is 0 Å². The first-order valence-electron chi connectivity index (χ1n) is 29.5. The molecule has 37 unspecified atom stereocenters. The van der Waals surface area contributed by atoms with Crippen molar-refractivity contribution in [2.45, 2.75) is 260 Å². The molecular formula is C52H84O40. The van der Waals surface area contributed by atoms with Gasteiger partial charge in [0.05, 0.1) is 57.8 Å². The predicted octanol–water partition coefficient (Wildman–Crippen LogP) is -14.6. The maximum atomic E-state index is 13.7. The van der Waals surface area contributed by atoms with Crippen LogP contribution in [-0.2, 0) is 90.2 Å². The molecule has 19 aliphatic heterocycles. The molecule has 92 heavy (non-hydrogen) atoms. The van der Waals surface area contributed by atoms with Gasteiger partial charge in [-0.05, 0) is 20.3 Å². The van der Waals surface area contributed by atoms with E-state index in [9.17, 15) is 122 Å². The summed E-state index contributed by atoms with van der Waals surface area (Å²) in [6, 6.07) is 0. The van der Waals surface area contributed by atoms with Crippen LogP contribution >= 0.6 is 0 Å². The number of rotatable bonds is 7. The van der Waals surface area contributed by atoms with Crippen LogP contribution in [0.2, 0.25) is 0 Å². The van der Waals surface area contributed by atoms with Gasteiger partial charge >= 0.3 is 5.97 Å². The average Bonchev–Trinajstić information content (AvgIpc) is 0.907. The molecule has 0 aromatic rings. The lowest BCUT2D eigenvalue weighted by atomic mass is 9.95. The minimum absolute atomic E-state index is 0.404. The molecule has 19 heterocycles. The topological polar surface area (TPSA) is 624 Å². The van der Waals surface area contributed by atoms with Crippen molar-refractivity contribution in [3.63, 3.8) is 0 Å². The van der Waals surface area contributed by atoms with E-state index in [-0.39, 0.29) is 0 Å². The maximum absolute atomic E-state index is 13.7. The Labute approximate surface area is 520 Å². The summed E-state index contributed by atoms with van der Waals surface area (Å²) < 4.78 is 90.1. The molecule has 14 bridgehead atoms. The second-order valence-electron chi connectivity index (χ2n) is 23.3. The van der Waals surface area contributed by atoms with Crippen LogP contribution in [0.25, 0.3) is 0 Å². The van der Waals surface area contributed by atoms with Gasteiger partial charge in [0.1, 0.15) is 146 Å². The van der Waals surface area contributed by atoms with Gasteiger partial charge in [0.2, 0.25) is 5.78 Å². The number of ether oxygens (including phenoxy) is 16. The lowest BCUT2D eigenvalue weighted by molar-refractivity contribution is -0.393. The first kappa shape index (κ1) is 75.1. The van der Waals surface area contributed by atoms with E-state index in [4.69, 9.17) is 75.8 Å². The Balaban J connectivity index is 0.995. The molecule has 0 saturated carbocycles. The van der Waals surface area contributed by atoms with Crippen LogP contribution in [0, 0.1) is 0 Å². The molecule has 0 spiro atoms. The Hall–Kier alpha value is -2.63. The zero-order valence-electron chi connectivity index (χ0n) is 49.1. The number of ketones is 2. The molecule has 0 aromatic heterocycles. The van der Waals surface area contributed by atoms with E-state index in [0.717, 1.165) is 0 Å². The minimum Gasteiger partial charge on any atom is -0.456 e. The highest BCUT2D eigenvalue weighted by Gasteiger charge is 2.58. The Morgan fingerprint density at radius 1 is 0.359 bits per heavy atom. The quantitative estimate of drug-likeness (QED) is 0.105. The molecule has 0 amide bonds. The normalized spacial score (nSPS) is 51.2. The van der Waals surface area contributed by atoms with Crippen molar-refractivity contribution in [3.05, 3.63) is 0 Å². The Bertz CT molecular complexity index is 2330. The van der Waals surface area contributed by atoms with E-state index in [0.29, 0.717) is 0 Å². The third kappa shape index (κ3) is 16.4. The average molecular weight is 1350 g/mol. The zero-order valence-corrected chi connectivity index (χ0v) is 49.1. The number of carbonyl (C=O) groups is 3. The smallest absolute Gasteiger partial charge is 0.335 e. The lowest BCUT2D eigenvalue weighted by Crippen LogP contribution is -2.67. The fraction of sp³-hybridized carbons (Fsp3) is 0.942. The summed E-state index contributed by atoms with van der Waals surface area (Å²) in [5.74, 6) is -3.93. The minimum atomic E-state index is -2.56. The van der Waals surface area contributed by atoms with Crippen LogP contribution < -0.4 is 0 Å². The summed E-state index contributed by atoms with van der Waals surface area (Å²) in [5, 5.41) is 229. The molecule has 19 aliphatic rings. The Kier molecular flexibility index (Phi) is 26.8. The van der Waals surface area contributed by atoms with Gasteiger partial charge in [0.25, 0.3) is 0 Å². The predicted molar refractivity (Wildman–Crippen MR) is 278 cm³/mol. The standard InChI is InChI=1S/C52H84O40/c1-13-38-26(63)32(69)47(78-13)90-43-22(10-57)85-52(37(74)31(43)68)92-44-23(11-58)83-50(35(72)29(44)66)88-39-14(2)79-48(33(70)27(39)64)91-42-21(9-56)84-51(36(73)30(42)67)89-40-16(59)6-24(81-19(40)7-54)86-41-20(8-55)82-49(34(71)28(41)65)80-15(3-4-53)5-17(60)45(75)77-12-18(61)25(62)46(76)87-38/h13-15,17,19-44,46-58,60,62-74,76H,3-12H2,1-2H3. The number of carbonyl (C=O) groups excluding carboxylic acids is 3. The van der Waals surface area contributed by atoms with E-state index >= 15 is 0 Å². The molecule has 40 heteroatoms. The molecule has 19 fully saturated rings. The van der Waals surface area contributed by atoms with Crippen molar-refractivity contribution < 1.29 is 197 Å². The van der Waals surface area contributed by atoms with Gasteiger partial charge in [-0.3, -0.25) is 9.59 Å². The van der Waals surface area contributed by atoms with Crippen LogP contribution in [0.3, 0.4) is 0 Å². The van der Waals surface area contributed by atoms with Crippen LogP contribution in [0.15, 0.2) is 0 Å². The monoisotopic (exact) mass is 1350 g/mol. The van der Waals surface area contributed by atoms with E-state index < -0.39 is 310 Å². The SMILES string of the molecule is CC1OC2OC3C(CO)OC(OC4C(CO)OC(OC5C(C)OC(OC6C(CO)OC(OC7C(=O)CC(OC7CO)OC7C(CO)OC(OC(CCO)CC(O)C(=O)OCC(=O)C(O)C(O)OC1C(O)C2O)C(O)C7O)C(O)C6O)C(O)C5O)C(O)C4O)C(O)C3O. The summed E-state index contributed by atoms with van der Waals surface area (Å²) in [4.78, 5) is 39.6. The summed E-state index contributed by atoms with van der Waals surface area (Å²) >= 11 is 0. The number of Topliss-reactive ketones (excluding diaryl/α,β-unsaturated/α-hetero) is 2. The van der Waals surface area contributed by atoms with Gasteiger partial charge < -0.3 is 183 Å². The van der Waals surface area contributed by atoms with Crippen LogP contribution in [-0.4, -0.2) is 398 Å². The van der Waals surface area contributed by atoms with Crippen molar-refractivity contribution in [2.24, 2.45) is 0 Å². The van der Waals surface area contributed by atoms with E-state index in [2.05, 4.69) is 0 Å². The van der Waals surface area contributed by atoms with Gasteiger partial charge in [-0.15, -0.1) is 0 Å². The number of aliphatic hydroxyl groups excluding tert-OH is 21. The third-order valence-corrected chi connectivity index (χ3v) is 16.9. The highest BCUT2D eigenvalue weighted by atomic mass is 16.8. The van der Waals surface area contributed by atoms with Gasteiger partial charge in [0.15, 0.2) is 74.9 Å². The fourth-order valence-corrected chi connectivity index (χ4v) is 11.7. The molecule has 37 atom stereocenters. The number of aliphatic hydroxyl groups is 21. The van der Waals surface area contributed by atoms with Gasteiger partial charge in [-0.25, -0.2) is 4.79 Å². The zero-order chi connectivity index (χ0) is 67.5. The van der Waals surface area contributed by atoms with Crippen LogP contribution in [0.4, 0.5) is 0 Å². The highest BCUT2D eigenvalue weighted by Crippen LogP contribution is 2.38. The maximum Gasteiger partial charge on any atom is 0.335 e. The molecule has 21 N–H and O–H groups in total. The second-order valence-corrected chi connectivity index (χ2v) is 23.3. The van der Waals surface area contributed by atoms with Crippen molar-refractivity contribution >= 4 is 17.5 Å². The first-order valence-corrected chi connectivity index (χ1v) is 29.5. The third-order valence-electron chi connectivity index (χ3n) is 16.9. The van der Waals surface area contributed by atoms with E-state index in [1.165, 1.54) is 13.8 Å². The lowest BCUT2D eigenvalue weighted by Gasteiger charge is -2.49. The van der Waals surface area contributed by atoms with E-state index in [1.807, 2.05) is 0 Å². The Morgan fingerprint density at radius 3 is 1.11 bits per heavy atom. The summed E-state index contributed by atoms with van der Waals surface area (Å²) in [7, 11) is 0. The van der Waals surface area contributed by atoms with Crippen molar-refractivity contribution in [3.8, 4) is 0 Å². The second kappa shape index (κ2) is 32.8. The molecule has 532 valence electrons. The van der Waals surface area contributed by atoms with Gasteiger partial charge in [-0.2, -0.15) is 0 Å². The molecular weight excluding hydrogens is 1260 g/mol. The number of hydrogen-bond donors (Lipinski definition) is 21. The Morgan fingerprint density at radius 2 is 0.707 bits per heavy atom. The largest absolute Gasteiger partial charge is 0.456 e. The molecule has 0 aliphatic carbocycles. The molecule has 19 rings (SSSR count). The van der Waals surface area contributed by atoms with E-state index in [1.54, 1.807) is 0 Å². The van der Waals surface area contributed by atoms with Crippen molar-refractivity contribution in [1.82, 2.24) is 0 Å². The van der Waals surface area contributed by atoms with Crippen molar-refractivity contribution in [2.75, 3.05) is 46.2 Å². The number of esters is 1. The molecule has 19 saturated heterocycles. The highest BCUT2D eigenvalue weighted by molar-refractivity contribution is 5.87. The number of hydrogen-bond acceptors (Lipinski definition) is 40. The number of fused-ring (bicyclic) bond motifs is 2. The molecule has 0 aromatic carbocycles. The summed E-state index contributed by atoms with van der Waals surface area (Å²) in [6.45, 7) is -4.68. The molecule has 0 radical (unpaired) electrons. The van der Waals surface area contributed by atoms with Crippen LogP contribution in [0.1, 0.15) is 33.1 Å². The van der Waals surface area contributed by atoms with Crippen LogP contribution in [0.5, 0.6) is 0 Å². The fourth-order valence-electron chi connectivity index (χ4n) is 11.7. The first-order chi connectivity index (χ1) is 43.6. The summed E-state index contributed by atoms with van der Waals surface area (Å²) in [6.07, 6.45) is -73.8. The summed E-state index contributed by atoms with van der Waals surface area (Å²) in [5.41, 5.74) is 0. The van der Waals surface area contributed by atoms with Gasteiger partial charge in [0, 0.05) is 13.0 Å².